The minimum absolute atomic E-state index is 0.0427. The topological polar surface area (TPSA) is 45.2 Å². The highest BCUT2D eigenvalue weighted by Crippen LogP contribution is 2.31. The highest BCUT2D eigenvalue weighted by atomic mass is 35.5. The van der Waals surface area contributed by atoms with Crippen LogP contribution < -0.4 is 5.32 Å². The molecule has 1 saturated carbocycles. The summed E-state index contributed by atoms with van der Waals surface area (Å²) in [6.45, 7) is 5.07. The second kappa shape index (κ2) is 6.32. The Kier molecular flexibility index (Phi) is 4.45. The Morgan fingerprint density at radius 2 is 2.24 bits per heavy atom. The predicted molar refractivity (Wildman–Crippen MR) is 83.7 cm³/mol. The van der Waals surface area contributed by atoms with Crippen LogP contribution in [0.2, 0.25) is 5.15 Å². The minimum Gasteiger partial charge on any atom is -0.352 e. The van der Waals surface area contributed by atoms with Crippen molar-refractivity contribution in [3.05, 3.63) is 28.5 Å². The molecule has 21 heavy (non-hydrogen) atoms. The molecule has 3 rings (SSSR count). The summed E-state index contributed by atoms with van der Waals surface area (Å²) in [6, 6.07) is 4.30. The zero-order valence-corrected chi connectivity index (χ0v) is 13.2. The van der Waals surface area contributed by atoms with Crippen LogP contribution >= 0.6 is 11.6 Å². The summed E-state index contributed by atoms with van der Waals surface area (Å²) in [5.74, 6) is 0.538. The number of hydrogen-bond acceptors (Lipinski definition) is 3. The van der Waals surface area contributed by atoms with Gasteiger partial charge in [0.2, 0.25) is 0 Å². The first kappa shape index (κ1) is 14.8. The molecule has 0 aromatic carbocycles. The standard InChI is InChI=1S/C16H22ClN3O/c1-2-13-7-12(8-15(17)19-13)16(21)18-9-11-5-6-20(10-11)14-3-4-14/h7-8,11,14H,2-6,9-10H2,1H3,(H,18,21). The Morgan fingerprint density at radius 1 is 1.43 bits per heavy atom. The molecule has 2 heterocycles. The highest BCUT2D eigenvalue weighted by molar-refractivity contribution is 6.29. The SMILES string of the molecule is CCc1cc(C(=O)NCC2CCN(C3CC3)C2)cc(Cl)n1. The van der Waals surface area contributed by atoms with Crippen LogP contribution in [-0.2, 0) is 6.42 Å². The van der Waals surface area contributed by atoms with Gasteiger partial charge in [0, 0.05) is 30.4 Å². The van der Waals surface area contributed by atoms with Gasteiger partial charge in [-0.2, -0.15) is 0 Å². The molecule has 1 aliphatic carbocycles. The number of hydrogen-bond donors (Lipinski definition) is 1. The molecule has 0 bridgehead atoms. The minimum atomic E-state index is -0.0427. The number of rotatable bonds is 5. The molecule has 1 N–H and O–H groups in total. The average molecular weight is 308 g/mol. The maximum atomic E-state index is 12.2. The quantitative estimate of drug-likeness (QED) is 0.850. The summed E-state index contributed by atoms with van der Waals surface area (Å²) in [5, 5.41) is 3.44. The number of likely N-dealkylation sites (tertiary alicyclic amines) is 1. The van der Waals surface area contributed by atoms with Crippen LogP contribution in [0.4, 0.5) is 0 Å². The fraction of sp³-hybridized carbons (Fsp3) is 0.625. The first-order chi connectivity index (χ1) is 10.2. The first-order valence-electron chi connectivity index (χ1n) is 7.84. The molecule has 5 heteroatoms. The van der Waals surface area contributed by atoms with Crippen LogP contribution in [0.3, 0.4) is 0 Å². The van der Waals surface area contributed by atoms with E-state index in [-0.39, 0.29) is 5.91 Å². The second-order valence-corrected chi connectivity index (χ2v) is 6.50. The van der Waals surface area contributed by atoms with Gasteiger partial charge in [-0.05, 0) is 50.3 Å². The van der Waals surface area contributed by atoms with Crippen LogP contribution in [0.1, 0.15) is 42.2 Å². The number of amides is 1. The van der Waals surface area contributed by atoms with Gasteiger partial charge in [0.25, 0.3) is 5.91 Å². The average Bonchev–Trinajstić information content (AvgIpc) is 3.23. The van der Waals surface area contributed by atoms with Crippen LogP contribution in [0.15, 0.2) is 12.1 Å². The largest absolute Gasteiger partial charge is 0.352 e. The third kappa shape index (κ3) is 3.74. The number of nitrogens with zero attached hydrogens (tertiary/aromatic N) is 2. The van der Waals surface area contributed by atoms with E-state index in [1.165, 1.54) is 25.8 Å². The van der Waals surface area contributed by atoms with E-state index in [1.54, 1.807) is 6.07 Å². The maximum Gasteiger partial charge on any atom is 0.251 e. The number of pyridine rings is 1. The molecule has 4 nitrogen and oxygen atoms in total. The van der Waals surface area contributed by atoms with Crippen molar-refractivity contribution in [3.63, 3.8) is 0 Å². The van der Waals surface area contributed by atoms with Gasteiger partial charge in [0.05, 0.1) is 0 Å². The molecule has 1 saturated heterocycles. The molecule has 1 aromatic heterocycles. The lowest BCUT2D eigenvalue weighted by molar-refractivity contribution is 0.0947. The van der Waals surface area contributed by atoms with Crippen molar-refractivity contribution in [1.29, 1.82) is 0 Å². The van der Waals surface area contributed by atoms with Gasteiger partial charge < -0.3 is 10.2 Å². The van der Waals surface area contributed by atoms with Gasteiger partial charge in [-0.3, -0.25) is 4.79 Å². The van der Waals surface area contributed by atoms with Crippen LogP contribution in [-0.4, -0.2) is 41.5 Å². The lowest BCUT2D eigenvalue weighted by Crippen LogP contribution is -2.31. The summed E-state index contributed by atoms with van der Waals surface area (Å²) in [7, 11) is 0. The Bertz CT molecular complexity index is 530. The van der Waals surface area contributed by atoms with Crippen molar-refractivity contribution in [2.75, 3.05) is 19.6 Å². The monoisotopic (exact) mass is 307 g/mol. The van der Waals surface area contributed by atoms with Crippen LogP contribution in [0, 0.1) is 5.92 Å². The Hall–Kier alpha value is -1.13. The summed E-state index contributed by atoms with van der Waals surface area (Å²) in [4.78, 5) is 19.0. The van der Waals surface area contributed by atoms with Gasteiger partial charge in [0.15, 0.2) is 0 Å². The zero-order valence-electron chi connectivity index (χ0n) is 12.4. The predicted octanol–water partition coefficient (Wildman–Crippen LogP) is 2.51. The number of nitrogens with one attached hydrogen (secondary N) is 1. The first-order valence-corrected chi connectivity index (χ1v) is 8.22. The van der Waals surface area contributed by atoms with Crippen LogP contribution in [0.5, 0.6) is 0 Å². The number of carbonyl (C=O) groups excluding carboxylic acids is 1. The Balaban J connectivity index is 1.53. The van der Waals surface area contributed by atoms with Crippen LogP contribution in [0.25, 0.3) is 0 Å². The van der Waals surface area contributed by atoms with E-state index in [0.29, 0.717) is 16.6 Å². The summed E-state index contributed by atoms with van der Waals surface area (Å²) in [5.41, 5.74) is 1.47. The number of aromatic nitrogens is 1. The molecule has 1 amide bonds. The Morgan fingerprint density at radius 3 is 2.95 bits per heavy atom. The van der Waals surface area contributed by atoms with Crippen molar-refractivity contribution in [2.24, 2.45) is 5.92 Å². The molecule has 1 atom stereocenters. The number of carbonyl (C=O) groups is 1. The third-order valence-electron chi connectivity index (χ3n) is 4.40. The molecular weight excluding hydrogens is 286 g/mol. The van der Waals surface area contributed by atoms with Crippen molar-refractivity contribution in [3.8, 4) is 0 Å². The van der Waals surface area contributed by atoms with Gasteiger partial charge in [-0.15, -0.1) is 0 Å². The van der Waals surface area contributed by atoms with E-state index in [1.807, 2.05) is 13.0 Å². The highest BCUT2D eigenvalue weighted by Gasteiger charge is 2.34. The molecule has 114 valence electrons. The molecule has 2 aliphatic rings. The van der Waals surface area contributed by atoms with Crippen molar-refractivity contribution >= 4 is 17.5 Å². The summed E-state index contributed by atoms with van der Waals surface area (Å²) < 4.78 is 0. The normalized spacial score (nSPS) is 22.5. The van der Waals surface area contributed by atoms with Crippen molar-refractivity contribution in [1.82, 2.24) is 15.2 Å². The van der Waals surface area contributed by atoms with E-state index >= 15 is 0 Å². The van der Waals surface area contributed by atoms with E-state index in [2.05, 4.69) is 15.2 Å². The van der Waals surface area contributed by atoms with Gasteiger partial charge in [-0.1, -0.05) is 18.5 Å². The van der Waals surface area contributed by atoms with Gasteiger partial charge in [-0.25, -0.2) is 4.98 Å². The van der Waals surface area contributed by atoms with Crippen molar-refractivity contribution < 1.29 is 4.79 Å². The van der Waals surface area contributed by atoms with E-state index in [0.717, 1.165) is 31.2 Å². The maximum absolute atomic E-state index is 12.2. The fourth-order valence-corrected chi connectivity index (χ4v) is 3.23. The van der Waals surface area contributed by atoms with Crippen molar-refractivity contribution in [2.45, 2.75) is 38.6 Å². The molecule has 0 spiro atoms. The molecule has 1 unspecified atom stereocenters. The van der Waals surface area contributed by atoms with E-state index in [9.17, 15) is 4.79 Å². The molecule has 1 aliphatic heterocycles. The molecule has 1 aromatic rings. The summed E-state index contributed by atoms with van der Waals surface area (Å²) in [6.07, 6.45) is 4.68. The fourth-order valence-electron chi connectivity index (χ4n) is 3.00. The smallest absolute Gasteiger partial charge is 0.251 e. The molecule has 0 radical (unpaired) electrons. The lowest BCUT2D eigenvalue weighted by Gasteiger charge is -2.15. The lowest BCUT2D eigenvalue weighted by atomic mass is 10.1. The number of aryl methyl sites for hydroxylation is 1. The zero-order chi connectivity index (χ0) is 14.8. The van der Waals surface area contributed by atoms with E-state index < -0.39 is 0 Å². The van der Waals surface area contributed by atoms with Gasteiger partial charge in [0.1, 0.15) is 5.15 Å². The molecule has 2 fully saturated rings. The van der Waals surface area contributed by atoms with Gasteiger partial charge >= 0.3 is 0 Å². The molecular formula is C16H22ClN3O. The third-order valence-corrected chi connectivity index (χ3v) is 4.60. The van der Waals surface area contributed by atoms with E-state index in [4.69, 9.17) is 11.6 Å². The Labute approximate surface area is 130 Å². The second-order valence-electron chi connectivity index (χ2n) is 6.11. The number of halogens is 1. The summed E-state index contributed by atoms with van der Waals surface area (Å²) >= 11 is 5.96.